The van der Waals surface area contributed by atoms with E-state index in [-0.39, 0.29) is 0 Å². The third-order valence-corrected chi connectivity index (χ3v) is 17.0. The van der Waals surface area contributed by atoms with Crippen molar-refractivity contribution in [2.75, 3.05) is 0 Å². The molecule has 16 aromatic rings. The Morgan fingerprint density at radius 3 is 0.822 bits per heavy atom. The molecule has 0 spiro atoms. The van der Waals surface area contributed by atoms with Crippen molar-refractivity contribution < 1.29 is 0 Å². The third-order valence-electron chi connectivity index (χ3n) is 17.0. The minimum atomic E-state index is 0.326. The van der Waals surface area contributed by atoms with E-state index >= 15 is 0 Å². The van der Waals surface area contributed by atoms with Gasteiger partial charge in [0.25, 0.3) is 0 Å². The summed E-state index contributed by atoms with van der Waals surface area (Å²) in [5.41, 5.74) is 21.0. The highest BCUT2D eigenvalue weighted by molar-refractivity contribution is 6.14. The Morgan fingerprint density at radius 1 is 0.244 bits per heavy atom. The lowest BCUT2D eigenvalue weighted by Gasteiger charge is -2.18. The summed E-state index contributed by atoms with van der Waals surface area (Å²) in [7, 11) is 0. The van der Waals surface area contributed by atoms with Crippen LogP contribution in [-0.4, -0.2) is 34.1 Å². The Labute approximate surface area is 518 Å². The van der Waals surface area contributed by atoms with E-state index in [1.807, 2.05) is 66.7 Å². The zero-order chi connectivity index (χ0) is 60.1. The number of nitriles is 2. The van der Waals surface area contributed by atoms with Crippen LogP contribution in [0.2, 0.25) is 0 Å². The van der Waals surface area contributed by atoms with Crippen LogP contribution < -0.4 is 0 Å². The van der Waals surface area contributed by atoms with Gasteiger partial charge in [0.2, 0.25) is 0 Å². The smallest absolute Gasteiger partial charge is 0.166 e. The molecule has 0 amide bonds. The zero-order valence-corrected chi connectivity index (χ0v) is 48.3. The lowest BCUT2D eigenvalue weighted by molar-refractivity contribution is 1.06. The van der Waals surface area contributed by atoms with E-state index in [9.17, 15) is 10.5 Å². The maximum atomic E-state index is 9.85. The van der Waals surface area contributed by atoms with Crippen molar-refractivity contribution in [2.24, 2.45) is 0 Å². The third kappa shape index (κ3) is 9.49. The molecule has 0 aliphatic carbocycles. The Bertz CT molecular complexity index is 5000. The predicted octanol–water partition coefficient (Wildman–Crippen LogP) is 19.6. The number of nitrogens with zero attached hydrogens (tertiary/aromatic N) is 9. The van der Waals surface area contributed by atoms with Gasteiger partial charge >= 0.3 is 0 Å². The highest BCUT2D eigenvalue weighted by Crippen LogP contribution is 2.44. The van der Waals surface area contributed by atoms with Crippen LogP contribution in [0.25, 0.3) is 156 Å². The van der Waals surface area contributed by atoms with Gasteiger partial charge in [-0.15, -0.1) is 0 Å². The topological polar surface area (TPSA) is 122 Å². The fourth-order valence-electron chi connectivity index (χ4n) is 12.6. The first-order valence-corrected chi connectivity index (χ1v) is 29.7. The standard InChI is InChI=1S/C81H49N9/c82-48-65-34-26-63(50-84-65)61-32-40-77(89-73-36-28-57(52-16-6-1-7-17-52)42-67(73)68-43-58(29-37-74(68)89)53-18-8-2-9-19-53)71(46-61)80-86-79(56-24-14-5-15-25-56)87-81(88-80)72-47-62(64-27-35-66(49-83)85-51-64)33-41-78(72)90-75-38-30-59(54-20-10-3-11-21-54)44-69(75)70-45-60(31-39-76(70)90)55-22-12-4-13-23-55/h1-47,50-51H. The minimum absolute atomic E-state index is 0.326. The fraction of sp³-hybridized carbons (Fsp3) is 0. The molecule has 0 bridgehead atoms. The second-order valence-electron chi connectivity index (χ2n) is 22.3. The second kappa shape index (κ2) is 22.3. The highest BCUT2D eigenvalue weighted by atomic mass is 15.1. The van der Waals surface area contributed by atoms with Crippen LogP contribution in [0.1, 0.15) is 11.4 Å². The number of benzene rings is 11. The van der Waals surface area contributed by atoms with Gasteiger partial charge in [0.15, 0.2) is 17.5 Å². The molecule has 5 aromatic heterocycles. The van der Waals surface area contributed by atoms with Crippen LogP contribution in [0.4, 0.5) is 0 Å². The summed E-state index contributed by atoms with van der Waals surface area (Å²) in [6.45, 7) is 0. The maximum absolute atomic E-state index is 9.85. The molecule has 418 valence electrons. The number of fused-ring (bicyclic) bond motifs is 6. The van der Waals surface area contributed by atoms with Crippen molar-refractivity contribution in [3.8, 4) is 124 Å². The Hall–Kier alpha value is -12.7. The van der Waals surface area contributed by atoms with Gasteiger partial charge in [-0.2, -0.15) is 10.5 Å². The number of hydrogen-bond acceptors (Lipinski definition) is 7. The summed E-state index contributed by atoms with van der Waals surface area (Å²) in [4.78, 5) is 25.9. The summed E-state index contributed by atoms with van der Waals surface area (Å²) in [6, 6.07) is 104. The summed E-state index contributed by atoms with van der Waals surface area (Å²) in [6.07, 6.45) is 3.49. The van der Waals surface area contributed by atoms with Gasteiger partial charge in [-0.25, -0.2) is 24.9 Å². The van der Waals surface area contributed by atoms with Crippen molar-refractivity contribution >= 4 is 43.6 Å². The molecule has 0 saturated carbocycles. The van der Waals surface area contributed by atoms with E-state index in [1.165, 1.54) is 0 Å². The average molecular weight is 1150 g/mol. The van der Waals surface area contributed by atoms with Crippen molar-refractivity contribution in [3.05, 3.63) is 309 Å². The van der Waals surface area contributed by atoms with Gasteiger partial charge in [0, 0.05) is 61.8 Å². The largest absolute Gasteiger partial charge is 0.308 e. The summed E-state index contributed by atoms with van der Waals surface area (Å²) in [5.74, 6) is 1.35. The highest BCUT2D eigenvalue weighted by Gasteiger charge is 2.25. The van der Waals surface area contributed by atoms with Gasteiger partial charge in [0.05, 0.1) is 33.4 Å². The number of aromatic nitrogens is 7. The van der Waals surface area contributed by atoms with E-state index in [1.54, 1.807) is 24.5 Å². The maximum Gasteiger partial charge on any atom is 0.166 e. The minimum Gasteiger partial charge on any atom is -0.308 e. The molecule has 90 heavy (non-hydrogen) atoms. The molecule has 0 N–H and O–H groups in total. The van der Waals surface area contributed by atoms with E-state index in [0.29, 0.717) is 28.9 Å². The normalized spacial score (nSPS) is 11.3. The molecule has 0 aliphatic heterocycles. The molecule has 0 fully saturated rings. The van der Waals surface area contributed by atoms with E-state index in [0.717, 1.165) is 138 Å². The Balaban J connectivity index is 0.984. The molecule has 9 nitrogen and oxygen atoms in total. The SMILES string of the molecule is N#Cc1ccc(-c2ccc(-n3c4ccc(-c5ccccc5)cc4c4cc(-c5ccccc5)ccc43)c(-c3nc(-c4ccccc4)nc(-c4cc(-c5ccc(C#N)nc5)ccc4-n4c5ccc(-c6ccccc6)cc5c5cc(-c6ccccc6)ccc54)n3)c2)cn1. The fourth-order valence-corrected chi connectivity index (χ4v) is 12.6. The first kappa shape index (κ1) is 52.8. The second-order valence-corrected chi connectivity index (χ2v) is 22.3. The molecule has 0 saturated heterocycles. The first-order valence-electron chi connectivity index (χ1n) is 29.7. The number of rotatable bonds is 11. The van der Waals surface area contributed by atoms with Crippen LogP contribution in [0.15, 0.2) is 298 Å². The van der Waals surface area contributed by atoms with Crippen molar-refractivity contribution in [1.82, 2.24) is 34.1 Å². The van der Waals surface area contributed by atoms with E-state index in [2.05, 4.69) is 237 Å². The van der Waals surface area contributed by atoms with Crippen molar-refractivity contribution in [3.63, 3.8) is 0 Å². The summed E-state index contributed by atoms with van der Waals surface area (Å²) in [5, 5.41) is 24.1. The number of pyridine rings is 2. The van der Waals surface area contributed by atoms with Crippen LogP contribution >= 0.6 is 0 Å². The molecular formula is C81H49N9. The first-order chi connectivity index (χ1) is 44.5. The van der Waals surface area contributed by atoms with E-state index in [4.69, 9.17) is 15.0 Å². The molecule has 5 heterocycles. The zero-order valence-electron chi connectivity index (χ0n) is 48.3. The van der Waals surface area contributed by atoms with Crippen LogP contribution in [0.5, 0.6) is 0 Å². The van der Waals surface area contributed by atoms with Crippen LogP contribution in [-0.2, 0) is 0 Å². The summed E-state index contributed by atoms with van der Waals surface area (Å²) >= 11 is 0. The van der Waals surface area contributed by atoms with Gasteiger partial charge in [0.1, 0.15) is 23.5 Å². The van der Waals surface area contributed by atoms with Crippen LogP contribution in [0.3, 0.4) is 0 Å². The Morgan fingerprint density at radius 2 is 0.522 bits per heavy atom. The van der Waals surface area contributed by atoms with Gasteiger partial charge in [-0.1, -0.05) is 188 Å². The van der Waals surface area contributed by atoms with Gasteiger partial charge in [-0.05, 0) is 153 Å². The van der Waals surface area contributed by atoms with E-state index < -0.39 is 0 Å². The quantitative estimate of drug-likeness (QED) is 0.126. The predicted molar refractivity (Wildman–Crippen MR) is 362 cm³/mol. The summed E-state index contributed by atoms with van der Waals surface area (Å²) < 4.78 is 4.68. The molecule has 0 radical (unpaired) electrons. The molecule has 0 unspecified atom stereocenters. The van der Waals surface area contributed by atoms with Gasteiger partial charge in [-0.3, -0.25) is 0 Å². The molecule has 11 aromatic carbocycles. The lowest BCUT2D eigenvalue weighted by atomic mass is 10.0. The molecule has 9 heteroatoms. The monoisotopic (exact) mass is 1150 g/mol. The molecule has 0 atom stereocenters. The number of hydrogen-bond donors (Lipinski definition) is 0. The van der Waals surface area contributed by atoms with Crippen LogP contribution in [0, 0.1) is 22.7 Å². The Kier molecular flexibility index (Phi) is 13.1. The molecular weight excluding hydrogens is 1100 g/mol. The van der Waals surface area contributed by atoms with Crippen molar-refractivity contribution in [2.45, 2.75) is 0 Å². The van der Waals surface area contributed by atoms with Crippen molar-refractivity contribution in [1.29, 1.82) is 10.5 Å². The average Bonchev–Trinajstić information content (AvgIpc) is 1.58. The van der Waals surface area contributed by atoms with Gasteiger partial charge < -0.3 is 9.13 Å². The molecule has 0 aliphatic rings. The molecule has 16 rings (SSSR count). The lowest BCUT2D eigenvalue weighted by Crippen LogP contribution is -2.06.